The smallest absolute Gasteiger partial charge is 0.172 e. The molecule has 0 aromatic carbocycles. The first-order chi connectivity index (χ1) is 9.31. The van der Waals surface area contributed by atoms with Gasteiger partial charge < -0.3 is 0 Å². The number of pyridine rings is 1. The lowest BCUT2D eigenvalue weighted by molar-refractivity contribution is -0.697. The SMILES string of the molecule is CCCCCCCCC[n+]1ccc(CC)c(CC)c1. The molecule has 0 fully saturated rings. The maximum Gasteiger partial charge on any atom is 0.172 e. The van der Waals surface area contributed by atoms with Crippen molar-refractivity contribution in [1.82, 2.24) is 0 Å². The molecule has 19 heavy (non-hydrogen) atoms. The van der Waals surface area contributed by atoms with Crippen LogP contribution in [0, 0.1) is 0 Å². The molecule has 1 aromatic rings. The Hall–Kier alpha value is -0.850. The van der Waals surface area contributed by atoms with Gasteiger partial charge in [0.25, 0.3) is 0 Å². The van der Waals surface area contributed by atoms with Crippen molar-refractivity contribution in [3.05, 3.63) is 29.6 Å². The topological polar surface area (TPSA) is 3.88 Å². The second-order valence-corrected chi connectivity index (χ2v) is 5.56. The molecule has 1 rings (SSSR count). The molecule has 0 atom stereocenters. The van der Waals surface area contributed by atoms with Crippen LogP contribution in [-0.2, 0) is 19.4 Å². The van der Waals surface area contributed by atoms with Gasteiger partial charge in [-0.25, -0.2) is 4.57 Å². The van der Waals surface area contributed by atoms with Gasteiger partial charge in [0.2, 0.25) is 0 Å². The number of unbranched alkanes of at least 4 members (excludes halogenated alkanes) is 6. The largest absolute Gasteiger partial charge is 0.205 e. The normalized spacial score (nSPS) is 10.9. The summed E-state index contributed by atoms with van der Waals surface area (Å²) in [6, 6.07) is 2.31. The zero-order valence-corrected chi connectivity index (χ0v) is 13.3. The number of hydrogen-bond acceptors (Lipinski definition) is 0. The summed E-state index contributed by atoms with van der Waals surface area (Å²) in [4.78, 5) is 0. The molecule has 0 spiro atoms. The van der Waals surface area contributed by atoms with Crippen LogP contribution in [0.3, 0.4) is 0 Å². The molecule has 0 aliphatic carbocycles. The van der Waals surface area contributed by atoms with E-state index in [0.717, 1.165) is 12.8 Å². The summed E-state index contributed by atoms with van der Waals surface area (Å²) in [7, 11) is 0. The van der Waals surface area contributed by atoms with E-state index >= 15 is 0 Å². The second-order valence-electron chi connectivity index (χ2n) is 5.56. The van der Waals surface area contributed by atoms with Gasteiger partial charge >= 0.3 is 0 Å². The first-order valence-electron chi connectivity index (χ1n) is 8.32. The van der Waals surface area contributed by atoms with Gasteiger partial charge in [-0.3, -0.25) is 0 Å². The van der Waals surface area contributed by atoms with Crippen LogP contribution in [0.25, 0.3) is 0 Å². The fraction of sp³-hybridized carbons (Fsp3) is 0.722. The van der Waals surface area contributed by atoms with Crippen molar-refractivity contribution < 1.29 is 4.57 Å². The third kappa shape index (κ3) is 6.22. The third-order valence-corrected chi connectivity index (χ3v) is 3.98. The van der Waals surface area contributed by atoms with E-state index in [1.165, 1.54) is 62.6 Å². The summed E-state index contributed by atoms with van der Waals surface area (Å²) in [5.74, 6) is 0. The summed E-state index contributed by atoms with van der Waals surface area (Å²) in [6.45, 7) is 7.97. The maximum absolute atomic E-state index is 2.38. The van der Waals surface area contributed by atoms with Crippen LogP contribution in [0.15, 0.2) is 18.5 Å². The van der Waals surface area contributed by atoms with Gasteiger partial charge in [0.1, 0.15) is 6.54 Å². The van der Waals surface area contributed by atoms with Crippen LogP contribution in [0.4, 0.5) is 0 Å². The van der Waals surface area contributed by atoms with Crippen LogP contribution in [-0.4, -0.2) is 0 Å². The highest BCUT2D eigenvalue weighted by Crippen LogP contribution is 2.09. The van der Waals surface area contributed by atoms with Gasteiger partial charge in [-0.15, -0.1) is 0 Å². The zero-order valence-electron chi connectivity index (χ0n) is 13.3. The highest BCUT2D eigenvalue weighted by Gasteiger charge is 2.06. The van der Waals surface area contributed by atoms with E-state index in [1.54, 1.807) is 0 Å². The lowest BCUT2D eigenvalue weighted by Crippen LogP contribution is -2.33. The lowest BCUT2D eigenvalue weighted by atomic mass is 10.1. The molecule has 0 saturated heterocycles. The third-order valence-electron chi connectivity index (χ3n) is 3.98. The first kappa shape index (κ1) is 16.2. The minimum Gasteiger partial charge on any atom is -0.205 e. The molecular weight excluding hydrogens is 230 g/mol. The fourth-order valence-corrected chi connectivity index (χ4v) is 2.67. The van der Waals surface area contributed by atoms with E-state index in [2.05, 4.69) is 43.8 Å². The average Bonchev–Trinajstić information content (AvgIpc) is 2.46. The summed E-state index contributed by atoms with van der Waals surface area (Å²) >= 11 is 0. The summed E-state index contributed by atoms with van der Waals surface area (Å²) in [6.07, 6.45) is 16.6. The summed E-state index contributed by atoms with van der Waals surface area (Å²) in [5.41, 5.74) is 3.03. The maximum atomic E-state index is 2.38. The van der Waals surface area contributed by atoms with Crippen LogP contribution in [0.2, 0.25) is 0 Å². The Morgan fingerprint density at radius 3 is 2.05 bits per heavy atom. The molecule has 0 N–H and O–H groups in total. The fourth-order valence-electron chi connectivity index (χ4n) is 2.67. The Kier molecular flexibility index (Phi) is 8.53. The van der Waals surface area contributed by atoms with E-state index in [4.69, 9.17) is 0 Å². The van der Waals surface area contributed by atoms with Gasteiger partial charge in [-0.05, 0) is 24.8 Å². The molecule has 0 aliphatic rings. The summed E-state index contributed by atoms with van der Waals surface area (Å²) < 4.78 is 2.38. The highest BCUT2D eigenvalue weighted by molar-refractivity contribution is 5.20. The standard InChI is InChI=1S/C18H32N/c1-4-7-8-9-10-11-12-14-19-15-13-17(5-2)18(6-3)16-19/h13,15-16H,4-12,14H2,1-3H3/q+1. The minimum absolute atomic E-state index is 1.15. The van der Waals surface area contributed by atoms with Crippen molar-refractivity contribution in [3.8, 4) is 0 Å². The van der Waals surface area contributed by atoms with Crippen molar-refractivity contribution >= 4 is 0 Å². The van der Waals surface area contributed by atoms with E-state index in [0.29, 0.717) is 0 Å². The Labute approximate surface area is 120 Å². The van der Waals surface area contributed by atoms with E-state index in [9.17, 15) is 0 Å². The zero-order chi connectivity index (χ0) is 13.9. The second kappa shape index (κ2) is 10.00. The molecule has 108 valence electrons. The van der Waals surface area contributed by atoms with Gasteiger partial charge in [0.05, 0.1) is 0 Å². The average molecular weight is 262 g/mol. The number of rotatable bonds is 10. The monoisotopic (exact) mass is 262 g/mol. The molecule has 1 heterocycles. The van der Waals surface area contributed by atoms with Crippen molar-refractivity contribution in [1.29, 1.82) is 0 Å². The van der Waals surface area contributed by atoms with E-state index < -0.39 is 0 Å². The number of aromatic nitrogens is 1. The van der Waals surface area contributed by atoms with Crippen molar-refractivity contribution in [3.63, 3.8) is 0 Å². The molecule has 1 nitrogen and oxygen atoms in total. The molecule has 0 amide bonds. The van der Waals surface area contributed by atoms with Gasteiger partial charge in [-0.2, -0.15) is 0 Å². The Bertz CT molecular complexity index is 344. The number of hydrogen-bond donors (Lipinski definition) is 0. The Morgan fingerprint density at radius 1 is 0.789 bits per heavy atom. The minimum atomic E-state index is 1.15. The molecule has 1 heteroatoms. The predicted octanol–water partition coefficient (Wildman–Crippen LogP) is 4.85. The molecule has 1 aromatic heterocycles. The summed E-state index contributed by atoms with van der Waals surface area (Å²) in [5, 5.41) is 0. The van der Waals surface area contributed by atoms with Gasteiger partial charge in [0, 0.05) is 18.1 Å². The van der Waals surface area contributed by atoms with Crippen LogP contribution in [0.5, 0.6) is 0 Å². The van der Waals surface area contributed by atoms with E-state index in [1.807, 2.05) is 0 Å². The molecule has 0 unspecified atom stereocenters. The quantitative estimate of drug-likeness (QED) is 0.419. The predicted molar refractivity (Wildman–Crippen MR) is 83.4 cm³/mol. The van der Waals surface area contributed by atoms with Crippen LogP contribution >= 0.6 is 0 Å². The molecular formula is C18H32N+. The van der Waals surface area contributed by atoms with Crippen LogP contribution < -0.4 is 4.57 Å². The molecule has 0 aliphatic heterocycles. The molecule has 0 saturated carbocycles. The van der Waals surface area contributed by atoms with Gasteiger partial charge in [-0.1, -0.05) is 52.9 Å². The number of aryl methyl sites for hydroxylation is 3. The lowest BCUT2D eigenvalue weighted by Gasteiger charge is -2.04. The molecule has 0 bridgehead atoms. The highest BCUT2D eigenvalue weighted by atomic mass is 14.9. The van der Waals surface area contributed by atoms with Crippen molar-refractivity contribution in [2.75, 3.05) is 0 Å². The van der Waals surface area contributed by atoms with E-state index in [-0.39, 0.29) is 0 Å². The van der Waals surface area contributed by atoms with Crippen molar-refractivity contribution in [2.24, 2.45) is 0 Å². The van der Waals surface area contributed by atoms with Crippen molar-refractivity contribution in [2.45, 2.75) is 85.1 Å². The Morgan fingerprint density at radius 2 is 1.42 bits per heavy atom. The van der Waals surface area contributed by atoms with Gasteiger partial charge in [0.15, 0.2) is 12.4 Å². The van der Waals surface area contributed by atoms with Crippen LogP contribution in [0.1, 0.15) is 76.8 Å². The Balaban J connectivity index is 2.26. The first-order valence-corrected chi connectivity index (χ1v) is 8.32. The number of nitrogens with zero attached hydrogens (tertiary/aromatic N) is 1. The molecule has 0 radical (unpaired) electrons.